The van der Waals surface area contributed by atoms with E-state index >= 15 is 0 Å². The van der Waals surface area contributed by atoms with Gasteiger partial charge in [-0.05, 0) is 72.1 Å². The van der Waals surface area contributed by atoms with E-state index in [0.717, 1.165) is 25.4 Å². The molecule has 3 nitrogen and oxygen atoms in total. The number of carbonyl (C=O) groups excluding carboxylic acids is 1. The summed E-state index contributed by atoms with van der Waals surface area (Å²) >= 11 is 7.16. The fraction of sp³-hybridized carbons (Fsp3) is 0.970. The number of alkyl halides is 2. The van der Waals surface area contributed by atoms with Crippen molar-refractivity contribution < 1.29 is 14.3 Å². The Morgan fingerprint density at radius 2 is 1.02 bits per heavy atom. The summed E-state index contributed by atoms with van der Waals surface area (Å²) in [6.45, 7) is 9.64. The van der Waals surface area contributed by atoms with Gasteiger partial charge in [-0.1, -0.05) is 143 Å². The maximum atomic E-state index is 11.7. The normalized spacial score (nSPS) is 14.9. The molecule has 0 aromatic heterocycles. The Labute approximate surface area is 273 Å². The second kappa shape index (κ2) is 24.4. The second-order valence-corrected chi connectivity index (χ2v) is 19.5. The van der Waals surface area contributed by atoms with E-state index in [1.165, 1.54) is 127 Å². The van der Waals surface area contributed by atoms with E-state index in [4.69, 9.17) is 9.47 Å². The number of halogens is 2. The average molecular weight is 731 g/mol. The number of carbonyl (C=O) groups is 1. The Morgan fingerprint density at radius 3 is 1.40 bits per heavy atom. The molecule has 1 unspecified atom stereocenters. The van der Waals surface area contributed by atoms with E-state index in [-0.39, 0.29) is 10.3 Å². The summed E-state index contributed by atoms with van der Waals surface area (Å²) in [5, 5.41) is 0. The van der Waals surface area contributed by atoms with Crippen LogP contribution in [0.3, 0.4) is 0 Å². The molecular weight excluding hydrogens is 668 g/mol. The van der Waals surface area contributed by atoms with Gasteiger partial charge < -0.3 is 9.47 Å². The van der Waals surface area contributed by atoms with Gasteiger partial charge in [-0.2, -0.15) is 0 Å². The third kappa shape index (κ3) is 23.5. The van der Waals surface area contributed by atoms with Gasteiger partial charge in [-0.25, -0.2) is 0 Å². The Morgan fingerprint density at radius 1 is 0.650 bits per heavy atom. The largest absolute Gasteiger partial charge is 0.465 e. The van der Waals surface area contributed by atoms with Crippen molar-refractivity contribution in [3.8, 4) is 0 Å². The van der Waals surface area contributed by atoms with Gasteiger partial charge >= 0.3 is 5.97 Å². The van der Waals surface area contributed by atoms with Crippen molar-refractivity contribution in [3.63, 3.8) is 0 Å². The summed E-state index contributed by atoms with van der Waals surface area (Å²) < 4.78 is 11.1. The molecule has 0 heterocycles. The first-order chi connectivity index (χ1) is 19.1. The zero-order chi connectivity index (χ0) is 29.5. The van der Waals surface area contributed by atoms with Crippen LogP contribution in [0.25, 0.3) is 0 Å². The molecule has 0 radical (unpaired) electrons. The summed E-state index contributed by atoms with van der Waals surface area (Å²) in [6.07, 6.45) is 27.0. The molecule has 0 amide bonds. The summed E-state index contributed by atoms with van der Waals surface area (Å²) in [5.41, 5.74) is 0. The summed E-state index contributed by atoms with van der Waals surface area (Å²) in [5.74, 6) is 3.27. The first-order valence-corrected chi connectivity index (χ1v) is 20.6. The molecule has 0 bridgehead atoms. The van der Waals surface area contributed by atoms with Crippen molar-refractivity contribution in [1.82, 2.24) is 0 Å². The molecular formula is C33H62Br2O3S2. The lowest BCUT2D eigenvalue weighted by atomic mass is 10.0. The Balaban J connectivity index is 1.69. The van der Waals surface area contributed by atoms with Crippen LogP contribution in [0.1, 0.15) is 156 Å². The molecule has 0 N–H and O–H groups in total. The van der Waals surface area contributed by atoms with Crippen molar-refractivity contribution in [2.75, 3.05) is 24.7 Å². The molecule has 1 rings (SSSR count). The van der Waals surface area contributed by atoms with Crippen LogP contribution in [0, 0.1) is 5.92 Å². The van der Waals surface area contributed by atoms with Gasteiger partial charge in [-0.15, -0.1) is 0 Å². The molecule has 40 heavy (non-hydrogen) atoms. The van der Waals surface area contributed by atoms with E-state index in [2.05, 4.69) is 67.3 Å². The molecule has 0 aliphatic heterocycles. The van der Waals surface area contributed by atoms with Crippen molar-refractivity contribution >= 4 is 59.4 Å². The number of rotatable bonds is 29. The summed E-state index contributed by atoms with van der Waals surface area (Å²) in [4.78, 5) is 11.7. The molecule has 1 fully saturated rings. The fourth-order valence-electron chi connectivity index (χ4n) is 4.96. The number of hydrogen-bond donors (Lipinski definition) is 0. The summed E-state index contributed by atoms with van der Waals surface area (Å²) in [7, 11) is 4.18. The van der Waals surface area contributed by atoms with E-state index in [1.54, 1.807) is 0 Å². The first-order valence-electron chi connectivity index (χ1n) is 16.5. The zero-order valence-corrected chi connectivity index (χ0v) is 31.2. The van der Waals surface area contributed by atoms with Crippen LogP contribution in [0.4, 0.5) is 0 Å². The number of ether oxygens (including phenoxy) is 2. The van der Waals surface area contributed by atoms with Crippen LogP contribution >= 0.6 is 53.4 Å². The topological polar surface area (TPSA) is 35.5 Å². The van der Waals surface area contributed by atoms with Gasteiger partial charge in [0.15, 0.2) is 0 Å². The summed E-state index contributed by atoms with van der Waals surface area (Å²) in [6, 6.07) is 0. The van der Waals surface area contributed by atoms with Crippen molar-refractivity contribution in [3.05, 3.63) is 0 Å². The Bertz CT molecular complexity index is 603. The first kappa shape index (κ1) is 39.1. The third-order valence-electron chi connectivity index (χ3n) is 7.57. The fourth-order valence-corrected chi connectivity index (χ4v) is 7.87. The molecule has 1 atom stereocenters. The van der Waals surface area contributed by atoms with E-state index in [9.17, 15) is 4.79 Å². The lowest BCUT2D eigenvalue weighted by Crippen LogP contribution is -2.34. The van der Waals surface area contributed by atoms with Gasteiger partial charge in [0.05, 0.1) is 12.7 Å². The monoisotopic (exact) mass is 728 g/mol. The molecule has 7 heteroatoms. The second-order valence-electron chi connectivity index (χ2n) is 12.8. The molecule has 1 saturated carbocycles. The maximum absolute atomic E-state index is 11.7. The predicted octanol–water partition coefficient (Wildman–Crippen LogP) is 12.1. The van der Waals surface area contributed by atoms with E-state index in [0.29, 0.717) is 12.7 Å². The van der Waals surface area contributed by atoms with E-state index < -0.39 is 4.32 Å². The Kier molecular flexibility index (Phi) is 23.9. The highest BCUT2D eigenvalue weighted by Crippen LogP contribution is 2.42. The molecule has 1 aliphatic rings. The SMILES string of the molecule is CC(C)(Br)C(=O)OCCCCCCCCCCCSSCCCCCCCCCCCOC(C1CC1)C(C)(C)Br. The molecule has 0 aromatic rings. The van der Waals surface area contributed by atoms with Crippen LogP contribution in [-0.4, -0.2) is 45.4 Å². The minimum absolute atomic E-state index is 0.111. The lowest BCUT2D eigenvalue weighted by molar-refractivity contribution is -0.145. The highest BCUT2D eigenvalue weighted by atomic mass is 79.9. The molecule has 0 aromatic carbocycles. The predicted molar refractivity (Wildman–Crippen MR) is 187 cm³/mol. The number of esters is 1. The lowest BCUT2D eigenvalue weighted by Gasteiger charge is -2.29. The van der Waals surface area contributed by atoms with Crippen LogP contribution in [-0.2, 0) is 14.3 Å². The van der Waals surface area contributed by atoms with Crippen molar-refractivity contribution in [1.29, 1.82) is 0 Å². The zero-order valence-electron chi connectivity index (χ0n) is 26.4. The van der Waals surface area contributed by atoms with Gasteiger partial charge in [0.1, 0.15) is 4.32 Å². The molecule has 238 valence electrons. The third-order valence-corrected chi connectivity index (χ3v) is 10.9. The van der Waals surface area contributed by atoms with Crippen LogP contribution in [0.2, 0.25) is 0 Å². The highest BCUT2D eigenvalue weighted by molar-refractivity contribution is 9.10. The number of hydrogen-bond acceptors (Lipinski definition) is 5. The van der Waals surface area contributed by atoms with Crippen LogP contribution in [0.5, 0.6) is 0 Å². The highest BCUT2D eigenvalue weighted by Gasteiger charge is 2.40. The average Bonchev–Trinajstić information content (AvgIpc) is 3.72. The molecule has 0 spiro atoms. The van der Waals surface area contributed by atoms with Gasteiger partial charge in [0, 0.05) is 22.4 Å². The van der Waals surface area contributed by atoms with Crippen LogP contribution < -0.4 is 0 Å². The maximum Gasteiger partial charge on any atom is 0.322 e. The van der Waals surface area contributed by atoms with Crippen molar-refractivity contribution in [2.24, 2.45) is 5.92 Å². The Hall–Kier alpha value is 1.09. The standard InChI is InChI=1S/C33H62Br2O3S2/c1-32(2,34)30(29-23-24-29)37-25-19-15-11-7-5-9-13-17-21-27-39-40-28-22-18-14-10-6-8-12-16-20-26-38-31(36)33(3,4)35/h29-30H,5-28H2,1-4H3. The molecule has 1 aliphatic carbocycles. The van der Waals surface area contributed by atoms with Gasteiger partial charge in [-0.3, -0.25) is 4.79 Å². The smallest absolute Gasteiger partial charge is 0.322 e. The minimum Gasteiger partial charge on any atom is -0.465 e. The van der Waals surface area contributed by atoms with Crippen molar-refractivity contribution in [2.45, 2.75) is 171 Å². The molecule has 0 saturated heterocycles. The van der Waals surface area contributed by atoms with Crippen LogP contribution in [0.15, 0.2) is 0 Å². The number of unbranched alkanes of at least 4 members (excludes halogenated alkanes) is 16. The van der Waals surface area contributed by atoms with E-state index in [1.807, 2.05) is 13.8 Å². The van der Waals surface area contributed by atoms with Gasteiger partial charge in [0.25, 0.3) is 0 Å². The quantitative estimate of drug-likeness (QED) is 0.0331. The van der Waals surface area contributed by atoms with Gasteiger partial charge in [0.2, 0.25) is 0 Å². The minimum atomic E-state index is -0.564.